The SMILES string of the molecule is COC(=O)c1cnc2c(Cl)cc(Cl)c(Cl)c2c1Cl. The molecule has 0 fully saturated rings. The summed E-state index contributed by atoms with van der Waals surface area (Å²) in [6.45, 7) is 0. The van der Waals surface area contributed by atoms with Gasteiger partial charge in [-0.2, -0.15) is 0 Å². The van der Waals surface area contributed by atoms with E-state index in [0.717, 1.165) is 0 Å². The Hall–Kier alpha value is -0.740. The fourth-order valence-electron chi connectivity index (χ4n) is 1.48. The highest BCUT2D eigenvalue weighted by Gasteiger charge is 2.19. The molecule has 0 aliphatic rings. The van der Waals surface area contributed by atoms with Crippen LogP contribution >= 0.6 is 46.4 Å². The summed E-state index contributed by atoms with van der Waals surface area (Å²) >= 11 is 24.1. The van der Waals surface area contributed by atoms with Crippen molar-refractivity contribution in [1.29, 1.82) is 0 Å². The number of benzene rings is 1. The van der Waals surface area contributed by atoms with E-state index in [2.05, 4.69) is 9.72 Å². The van der Waals surface area contributed by atoms with Crippen molar-refractivity contribution < 1.29 is 9.53 Å². The van der Waals surface area contributed by atoms with E-state index in [9.17, 15) is 4.79 Å². The van der Waals surface area contributed by atoms with E-state index in [0.29, 0.717) is 15.9 Å². The molecule has 0 radical (unpaired) electrons. The molecule has 0 unspecified atom stereocenters. The summed E-state index contributed by atoms with van der Waals surface area (Å²) in [4.78, 5) is 15.6. The lowest BCUT2D eigenvalue weighted by molar-refractivity contribution is 0.0600. The zero-order chi connectivity index (χ0) is 13.4. The Labute approximate surface area is 123 Å². The third-order valence-electron chi connectivity index (χ3n) is 2.33. The lowest BCUT2D eigenvalue weighted by Gasteiger charge is -2.09. The molecule has 1 heterocycles. The summed E-state index contributed by atoms with van der Waals surface area (Å²) in [6.07, 6.45) is 1.28. The Balaban J connectivity index is 2.89. The summed E-state index contributed by atoms with van der Waals surface area (Å²) in [5.41, 5.74) is 0.482. The maximum absolute atomic E-state index is 11.5. The van der Waals surface area contributed by atoms with Crippen LogP contribution in [-0.4, -0.2) is 18.1 Å². The van der Waals surface area contributed by atoms with Gasteiger partial charge >= 0.3 is 5.97 Å². The van der Waals surface area contributed by atoms with Crippen molar-refractivity contribution in [2.45, 2.75) is 0 Å². The van der Waals surface area contributed by atoms with Gasteiger partial charge in [-0.25, -0.2) is 4.79 Å². The smallest absolute Gasteiger partial charge is 0.340 e. The van der Waals surface area contributed by atoms with E-state index in [4.69, 9.17) is 46.4 Å². The second kappa shape index (κ2) is 5.10. The number of rotatable bonds is 1. The lowest BCUT2D eigenvalue weighted by Crippen LogP contribution is -2.03. The highest BCUT2D eigenvalue weighted by atomic mass is 35.5. The molecule has 0 aliphatic heterocycles. The minimum Gasteiger partial charge on any atom is -0.465 e. The first-order valence-corrected chi connectivity index (χ1v) is 6.18. The molecule has 1 aromatic heterocycles. The summed E-state index contributed by atoms with van der Waals surface area (Å²) < 4.78 is 4.59. The number of aromatic nitrogens is 1. The standard InChI is InChI=1S/C11H5Cl4NO2/c1-18-11(17)4-3-16-10-6(13)2-5(12)9(15)7(10)8(4)14/h2-3H,1H3. The Bertz CT molecular complexity index is 657. The van der Waals surface area contributed by atoms with Crippen molar-refractivity contribution in [2.75, 3.05) is 7.11 Å². The van der Waals surface area contributed by atoms with Gasteiger partial charge in [0, 0.05) is 11.6 Å². The fourth-order valence-corrected chi connectivity index (χ4v) is 2.59. The van der Waals surface area contributed by atoms with Crippen molar-refractivity contribution in [1.82, 2.24) is 4.98 Å². The van der Waals surface area contributed by atoms with Gasteiger partial charge in [0.15, 0.2) is 0 Å². The van der Waals surface area contributed by atoms with Gasteiger partial charge in [0.2, 0.25) is 0 Å². The third kappa shape index (κ3) is 2.12. The first-order valence-electron chi connectivity index (χ1n) is 4.67. The molecule has 0 spiro atoms. The van der Waals surface area contributed by atoms with E-state index >= 15 is 0 Å². The highest BCUT2D eigenvalue weighted by molar-refractivity contribution is 6.50. The van der Waals surface area contributed by atoms with Crippen LogP contribution in [0.3, 0.4) is 0 Å². The number of methoxy groups -OCH3 is 1. The molecule has 3 nitrogen and oxygen atoms in total. The van der Waals surface area contributed by atoms with Gasteiger partial charge < -0.3 is 4.74 Å². The van der Waals surface area contributed by atoms with Crippen LogP contribution in [-0.2, 0) is 4.74 Å². The second-order valence-electron chi connectivity index (χ2n) is 3.36. The Kier molecular flexibility index (Phi) is 3.87. The zero-order valence-corrected chi connectivity index (χ0v) is 12.0. The van der Waals surface area contributed by atoms with Gasteiger partial charge in [-0.15, -0.1) is 0 Å². The van der Waals surface area contributed by atoms with E-state index in [1.54, 1.807) is 0 Å². The molecule has 1 aromatic carbocycles. The zero-order valence-electron chi connectivity index (χ0n) is 8.93. The van der Waals surface area contributed by atoms with E-state index in [-0.39, 0.29) is 20.6 Å². The predicted molar refractivity (Wildman–Crippen MR) is 73.1 cm³/mol. The minimum atomic E-state index is -0.610. The normalized spacial score (nSPS) is 10.7. The van der Waals surface area contributed by atoms with Crippen LogP contribution in [0.1, 0.15) is 10.4 Å². The van der Waals surface area contributed by atoms with E-state index < -0.39 is 5.97 Å². The number of carbonyl (C=O) groups is 1. The van der Waals surface area contributed by atoms with Gasteiger partial charge in [0.05, 0.1) is 38.3 Å². The maximum Gasteiger partial charge on any atom is 0.340 e. The van der Waals surface area contributed by atoms with Crippen LogP contribution in [0.25, 0.3) is 10.9 Å². The molecule has 2 rings (SSSR count). The van der Waals surface area contributed by atoms with Crippen LogP contribution in [0.2, 0.25) is 20.1 Å². The first-order chi connectivity index (χ1) is 8.47. The van der Waals surface area contributed by atoms with Crippen LogP contribution < -0.4 is 0 Å². The van der Waals surface area contributed by atoms with E-state index in [1.165, 1.54) is 19.4 Å². The van der Waals surface area contributed by atoms with Crippen molar-refractivity contribution >= 4 is 63.3 Å². The number of pyridine rings is 1. The summed E-state index contributed by atoms with van der Waals surface area (Å²) in [7, 11) is 1.25. The molecule has 18 heavy (non-hydrogen) atoms. The number of halogens is 4. The average molecular weight is 325 g/mol. The van der Waals surface area contributed by atoms with Gasteiger partial charge in [-0.3, -0.25) is 4.98 Å². The molecule has 0 bridgehead atoms. The molecule has 0 amide bonds. The van der Waals surface area contributed by atoms with Gasteiger partial charge in [-0.1, -0.05) is 46.4 Å². The van der Waals surface area contributed by atoms with Crippen LogP contribution in [0, 0.1) is 0 Å². The molecule has 0 N–H and O–H groups in total. The molecule has 7 heteroatoms. The van der Waals surface area contributed by atoms with Crippen LogP contribution in [0.15, 0.2) is 12.3 Å². The molecule has 2 aromatic rings. The molecule has 0 saturated heterocycles. The Morgan fingerprint density at radius 2 is 1.83 bits per heavy atom. The summed E-state index contributed by atoms with van der Waals surface area (Å²) in [5.74, 6) is -0.610. The van der Waals surface area contributed by atoms with Gasteiger partial charge in [0.25, 0.3) is 0 Å². The van der Waals surface area contributed by atoms with Crippen LogP contribution in [0.5, 0.6) is 0 Å². The minimum absolute atomic E-state index is 0.104. The molecule has 0 atom stereocenters. The number of carbonyl (C=O) groups excluding carboxylic acids is 1. The third-order valence-corrected chi connectivity index (χ3v) is 3.80. The monoisotopic (exact) mass is 323 g/mol. The van der Waals surface area contributed by atoms with Crippen LogP contribution in [0.4, 0.5) is 0 Å². The molecule has 0 aliphatic carbocycles. The largest absolute Gasteiger partial charge is 0.465 e. The van der Waals surface area contributed by atoms with Crippen molar-refractivity contribution in [3.63, 3.8) is 0 Å². The number of hydrogen-bond acceptors (Lipinski definition) is 3. The maximum atomic E-state index is 11.5. The lowest BCUT2D eigenvalue weighted by atomic mass is 10.1. The summed E-state index contributed by atoms with van der Waals surface area (Å²) in [5, 5.41) is 1.18. The van der Waals surface area contributed by atoms with Crippen molar-refractivity contribution in [2.24, 2.45) is 0 Å². The Morgan fingerprint density at radius 1 is 1.17 bits per heavy atom. The molecule has 0 saturated carbocycles. The number of fused-ring (bicyclic) bond motifs is 1. The Morgan fingerprint density at radius 3 is 2.44 bits per heavy atom. The van der Waals surface area contributed by atoms with Gasteiger partial charge in [0.1, 0.15) is 0 Å². The predicted octanol–water partition coefficient (Wildman–Crippen LogP) is 4.64. The number of nitrogens with zero attached hydrogens (tertiary/aromatic N) is 1. The van der Waals surface area contributed by atoms with Crippen molar-refractivity contribution in [3.05, 3.63) is 37.9 Å². The molecular formula is C11H5Cl4NO2. The van der Waals surface area contributed by atoms with E-state index in [1.807, 2.05) is 0 Å². The fraction of sp³-hybridized carbons (Fsp3) is 0.0909. The number of ether oxygens (including phenoxy) is 1. The summed E-state index contributed by atoms with van der Waals surface area (Å²) in [6, 6.07) is 1.47. The topological polar surface area (TPSA) is 39.2 Å². The quantitative estimate of drug-likeness (QED) is 0.567. The highest BCUT2D eigenvalue weighted by Crippen LogP contribution is 2.39. The average Bonchev–Trinajstić information content (AvgIpc) is 2.35. The molecular weight excluding hydrogens is 320 g/mol. The number of esters is 1. The second-order valence-corrected chi connectivity index (χ2v) is 4.93. The first kappa shape index (κ1) is 13.7. The van der Waals surface area contributed by atoms with Gasteiger partial charge in [-0.05, 0) is 6.07 Å². The van der Waals surface area contributed by atoms with Crippen molar-refractivity contribution in [3.8, 4) is 0 Å². The number of hydrogen-bond donors (Lipinski definition) is 0. The molecule has 94 valence electrons.